The first-order chi connectivity index (χ1) is 11.5. The number of aromatic nitrogens is 2. The van der Waals surface area contributed by atoms with Crippen molar-refractivity contribution in [3.63, 3.8) is 0 Å². The molecule has 1 saturated heterocycles. The highest BCUT2D eigenvalue weighted by Crippen LogP contribution is 2.25. The largest absolute Gasteiger partial charge is 0.326 e. The number of halogens is 1. The number of urea groups is 1. The van der Waals surface area contributed by atoms with Gasteiger partial charge < -0.3 is 15.5 Å². The van der Waals surface area contributed by atoms with Gasteiger partial charge in [-0.1, -0.05) is 23.7 Å². The minimum Gasteiger partial charge on any atom is -0.326 e. The summed E-state index contributed by atoms with van der Waals surface area (Å²) >= 11 is 6.10. The van der Waals surface area contributed by atoms with E-state index >= 15 is 0 Å². The Hall–Kier alpha value is -2.54. The summed E-state index contributed by atoms with van der Waals surface area (Å²) in [5, 5.41) is 9.95. The molecule has 1 atom stereocenters. The lowest BCUT2D eigenvalue weighted by Crippen LogP contribution is -2.43. The summed E-state index contributed by atoms with van der Waals surface area (Å²) in [6.07, 6.45) is 3.95. The molecule has 1 aromatic heterocycles. The van der Waals surface area contributed by atoms with Crippen LogP contribution in [0.1, 0.15) is 12.0 Å². The molecule has 2 heterocycles. The highest BCUT2D eigenvalue weighted by atomic mass is 35.5. The van der Waals surface area contributed by atoms with Crippen LogP contribution in [0.3, 0.4) is 0 Å². The van der Waals surface area contributed by atoms with E-state index in [1.807, 2.05) is 19.1 Å². The Labute approximate surface area is 144 Å². The van der Waals surface area contributed by atoms with E-state index in [2.05, 4.69) is 15.7 Å². The van der Waals surface area contributed by atoms with Crippen LogP contribution in [0.4, 0.5) is 16.2 Å². The fourth-order valence-corrected chi connectivity index (χ4v) is 2.99. The van der Waals surface area contributed by atoms with E-state index in [1.54, 1.807) is 35.1 Å². The molecule has 7 nitrogen and oxygen atoms in total. The number of para-hydroxylation sites is 1. The fourth-order valence-electron chi connectivity index (χ4n) is 2.72. The number of amides is 3. The molecule has 0 saturated carbocycles. The lowest BCUT2D eigenvalue weighted by Gasteiger charge is -2.16. The number of rotatable bonds is 3. The number of aryl methyl sites for hydroxylation is 2. The third kappa shape index (κ3) is 3.21. The molecule has 1 fully saturated rings. The van der Waals surface area contributed by atoms with Crippen LogP contribution in [-0.4, -0.2) is 34.3 Å². The van der Waals surface area contributed by atoms with Crippen LogP contribution in [0, 0.1) is 6.92 Å². The van der Waals surface area contributed by atoms with Crippen molar-refractivity contribution in [1.29, 1.82) is 0 Å². The number of nitrogens with zero attached hydrogens (tertiary/aromatic N) is 3. The maximum Gasteiger partial charge on any atom is 0.319 e. The first-order valence-electron chi connectivity index (χ1n) is 7.58. The van der Waals surface area contributed by atoms with Crippen LogP contribution < -0.4 is 15.5 Å². The van der Waals surface area contributed by atoms with Crippen LogP contribution in [0.25, 0.3) is 0 Å². The van der Waals surface area contributed by atoms with Crippen molar-refractivity contribution in [1.82, 2.24) is 15.1 Å². The standard InChI is InChI=1S/C16H18ClN5O2/c1-10-4-3-5-12(17)14(10)20-16(24)19-13-6-7-22(15(13)23)11-8-18-21(2)9-11/h3-5,8-9,13H,6-7H2,1-2H3,(H2,19,20,24)/t13-/m1/s1. The molecule has 126 valence electrons. The number of benzene rings is 1. The number of nitrogens with one attached hydrogen (secondary N) is 2. The van der Waals surface area contributed by atoms with Crippen LogP contribution >= 0.6 is 11.6 Å². The number of hydrogen-bond donors (Lipinski definition) is 2. The predicted octanol–water partition coefficient (Wildman–Crippen LogP) is 2.31. The summed E-state index contributed by atoms with van der Waals surface area (Å²) in [5.41, 5.74) is 2.13. The molecule has 1 aromatic carbocycles. The molecule has 0 spiro atoms. The minimum atomic E-state index is -0.562. The molecule has 24 heavy (non-hydrogen) atoms. The molecule has 0 bridgehead atoms. The Kier molecular flexibility index (Phi) is 4.44. The van der Waals surface area contributed by atoms with Crippen LogP contribution in [0.2, 0.25) is 5.02 Å². The first-order valence-corrected chi connectivity index (χ1v) is 7.96. The minimum absolute atomic E-state index is 0.144. The van der Waals surface area contributed by atoms with E-state index in [9.17, 15) is 9.59 Å². The van der Waals surface area contributed by atoms with Gasteiger partial charge in [0.1, 0.15) is 6.04 Å². The molecule has 1 aliphatic heterocycles. The molecule has 3 amide bonds. The fraction of sp³-hybridized carbons (Fsp3) is 0.312. The molecule has 0 unspecified atom stereocenters. The molecular weight excluding hydrogens is 330 g/mol. The average molecular weight is 348 g/mol. The van der Waals surface area contributed by atoms with Gasteiger partial charge in [-0.25, -0.2) is 4.79 Å². The van der Waals surface area contributed by atoms with Gasteiger partial charge in [-0.05, 0) is 25.0 Å². The quantitative estimate of drug-likeness (QED) is 0.894. The number of hydrogen-bond acceptors (Lipinski definition) is 3. The second-order valence-electron chi connectivity index (χ2n) is 5.73. The Morgan fingerprint density at radius 1 is 1.42 bits per heavy atom. The van der Waals surface area contributed by atoms with Gasteiger partial charge in [-0.2, -0.15) is 5.10 Å². The van der Waals surface area contributed by atoms with Crippen molar-refractivity contribution >= 4 is 34.9 Å². The molecular formula is C16H18ClN5O2. The second-order valence-corrected chi connectivity index (χ2v) is 6.14. The van der Waals surface area contributed by atoms with E-state index < -0.39 is 12.1 Å². The maximum absolute atomic E-state index is 12.5. The van der Waals surface area contributed by atoms with Crippen molar-refractivity contribution in [2.45, 2.75) is 19.4 Å². The average Bonchev–Trinajstić information content (AvgIpc) is 3.10. The zero-order valence-electron chi connectivity index (χ0n) is 13.4. The Morgan fingerprint density at radius 2 is 2.21 bits per heavy atom. The van der Waals surface area contributed by atoms with Crippen LogP contribution in [0.15, 0.2) is 30.6 Å². The normalized spacial score (nSPS) is 17.2. The molecule has 3 rings (SSSR count). The summed E-state index contributed by atoms with van der Waals surface area (Å²) in [7, 11) is 1.79. The smallest absolute Gasteiger partial charge is 0.319 e. The van der Waals surface area contributed by atoms with E-state index in [1.165, 1.54) is 0 Å². The first kappa shape index (κ1) is 16.3. The monoisotopic (exact) mass is 347 g/mol. The van der Waals surface area contributed by atoms with Crippen LogP contribution in [0.5, 0.6) is 0 Å². The topological polar surface area (TPSA) is 79.3 Å². The van der Waals surface area contributed by atoms with Gasteiger partial charge in [0.25, 0.3) is 0 Å². The summed E-state index contributed by atoms with van der Waals surface area (Å²) < 4.78 is 1.64. The van der Waals surface area contributed by atoms with Gasteiger partial charge in [-0.15, -0.1) is 0 Å². The molecule has 0 aliphatic carbocycles. The number of carbonyl (C=O) groups excluding carboxylic acids is 2. The Balaban J connectivity index is 1.64. The molecule has 2 N–H and O–H groups in total. The molecule has 8 heteroatoms. The summed E-state index contributed by atoms with van der Waals surface area (Å²) in [5.74, 6) is -0.144. The van der Waals surface area contributed by atoms with Crippen molar-refractivity contribution in [2.75, 3.05) is 16.8 Å². The van der Waals surface area contributed by atoms with Crippen molar-refractivity contribution in [3.8, 4) is 0 Å². The maximum atomic E-state index is 12.5. The van der Waals surface area contributed by atoms with Gasteiger partial charge in [0.05, 0.1) is 22.6 Å². The van der Waals surface area contributed by atoms with Gasteiger partial charge in [-0.3, -0.25) is 9.48 Å². The predicted molar refractivity (Wildman–Crippen MR) is 92.3 cm³/mol. The SMILES string of the molecule is Cc1cccc(Cl)c1NC(=O)N[C@@H]1CCN(c2cnn(C)c2)C1=O. The van der Waals surface area contributed by atoms with Crippen LogP contribution in [-0.2, 0) is 11.8 Å². The van der Waals surface area contributed by atoms with Gasteiger partial charge in [0.15, 0.2) is 0 Å². The summed E-state index contributed by atoms with van der Waals surface area (Å²) in [6.45, 7) is 2.40. The molecule has 0 radical (unpaired) electrons. The zero-order valence-corrected chi connectivity index (χ0v) is 14.2. The lowest BCUT2D eigenvalue weighted by molar-refractivity contribution is -0.118. The van der Waals surface area contributed by atoms with E-state index in [0.717, 1.165) is 11.3 Å². The van der Waals surface area contributed by atoms with Gasteiger partial charge >= 0.3 is 6.03 Å². The van der Waals surface area contributed by atoms with E-state index in [4.69, 9.17) is 11.6 Å². The van der Waals surface area contributed by atoms with Gasteiger partial charge in [0.2, 0.25) is 5.91 Å². The summed E-state index contributed by atoms with van der Waals surface area (Å²) in [6, 6.07) is 4.36. The Morgan fingerprint density at radius 3 is 2.88 bits per heavy atom. The van der Waals surface area contributed by atoms with Gasteiger partial charge in [0, 0.05) is 19.8 Å². The van der Waals surface area contributed by atoms with Crippen molar-refractivity contribution < 1.29 is 9.59 Å². The van der Waals surface area contributed by atoms with E-state index in [0.29, 0.717) is 23.7 Å². The van der Waals surface area contributed by atoms with Crippen molar-refractivity contribution in [2.24, 2.45) is 7.05 Å². The molecule has 1 aliphatic rings. The third-order valence-electron chi connectivity index (χ3n) is 3.97. The lowest BCUT2D eigenvalue weighted by atomic mass is 10.2. The molecule has 2 aromatic rings. The number of carbonyl (C=O) groups is 2. The highest BCUT2D eigenvalue weighted by molar-refractivity contribution is 6.33. The third-order valence-corrected chi connectivity index (χ3v) is 4.29. The number of anilines is 2. The summed E-state index contributed by atoms with van der Waals surface area (Å²) in [4.78, 5) is 26.3. The Bertz CT molecular complexity index is 768. The second kappa shape index (κ2) is 6.52. The zero-order chi connectivity index (χ0) is 17.3. The van der Waals surface area contributed by atoms with E-state index in [-0.39, 0.29) is 5.91 Å². The van der Waals surface area contributed by atoms with Crippen molar-refractivity contribution in [3.05, 3.63) is 41.2 Å². The highest BCUT2D eigenvalue weighted by Gasteiger charge is 2.34.